The van der Waals surface area contributed by atoms with Gasteiger partial charge in [0.1, 0.15) is 0 Å². The molecule has 0 aliphatic heterocycles. The molecule has 0 saturated heterocycles. The van der Waals surface area contributed by atoms with Crippen molar-refractivity contribution in [2.75, 3.05) is 10.5 Å². The van der Waals surface area contributed by atoms with Crippen molar-refractivity contribution in [2.45, 2.75) is 32.6 Å². The lowest BCUT2D eigenvalue weighted by molar-refractivity contribution is -0.136. The maximum atomic E-state index is 11.8. The SMILES string of the molecule is CC(C)(C)c1ccccc1NS(=O)(=O)CCC(=O)O. The van der Waals surface area contributed by atoms with Crippen molar-refractivity contribution in [2.24, 2.45) is 0 Å². The van der Waals surface area contributed by atoms with Gasteiger partial charge in [-0.2, -0.15) is 0 Å². The summed E-state index contributed by atoms with van der Waals surface area (Å²) in [6.07, 6.45) is -0.410. The molecular weight excluding hydrogens is 266 g/mol. The maximum Gasteiger partial charge on any atom is 0.304 e. The van der Waals surface area contributed by atoms with E-state index < -0.39 is 28.2 Å². The average Bonchev–Trinajstić information content (AvgIpc) is 2.25. The van der Waals surface area contributed by atoms with Crippen molar-refractivity contribution >= 4 is 21.7 Å². The van der Waals surface area contributed by atoms with Crippen molar-refractivity contribution in [3.8, 4) is 0 Å². The summed E-state index contributed by atoms with van der Waals surface area (Å²) in [5.41, 5.74) is 1.17. The molecule has 0 saturated carbocycles. The number of nitrogens with one attached hydrogen (secondary N) is 1. The van der Waals surface area contributed by atoms with E-state index >= 15 is 0 Å². The third-order valence-electron chi connectivity index (χ3n) is 2.59. The Labute approximate surface area is 113 Å². The molecule has 1 aromatic rings. The number of carboxylic acids is 1. The molecule has 0 unspecified atom stereocenters. The first-order valence-corrected chi connectivity index (χ1v) is 7.59. The van der Waals surface area contributed by atoms with Crippen LogP contribution in [0.25, 0.3) is 0 Å². The lowest BCUT2D eigenvalue weighted by atomic mass is 9.86. The zero-order valence-corrected chi connectivity index (χ0v) is 12.1. The Morgan fingerprint density at radius 3 is 2.37 bits per heavy atom. The molecule has 0 fully saturated rings. The highest BCUT2D eigenvalue weighted by Gasteiger charge is 2.20. The number of rotatable bonds is 5. The van der Waals surface area contributed by atoms with Crippen LogP contribution in [0.4, 0.5) is 5.69 Å². The normalized spacial score (nSPS) is 12.2. The molecule has 19 heavy (non-hydrogen) atoms. The number of carbonyl (C=O) groups is 1. The molecule has 5 nitrogen and oxygen atoms in total. The molecule has 0 atom stereocenters. The molecule has 0 radical (unpaired) electrons. The molecular formula is C13H19NO4S. The van der Waals surface area contributed by atoms with E-state index in [2.05, 4.69) is 4.72 Å². The summed E-state index contributed by atoms with van der Waals surface area (Å²) in [5.74, 6) is -1.56. The largest absolute Gasteiger partial charge is 0.481 e. The molecule has 1 rings (SSSR count). The Hall–Kier alpha value is -1.56. The standard InChI is InChI=1S/C13H19NO4S/c1-13(2,3)10-6-4-5-7-11(10)14-19(17,18)9-8-12(15)16/h4-7,14H,8-9H2,1-3H3,(H,15,16). The number of carboxylic acid groups (broad SMARTS) is 1. The zero-order chi connectivity index (χ0) is 14.7. The van der Waals surface area contributed by atoms with Crippen LogP contribution >= 0.6 is 0 Å². The fourth-order valence-corrected chi connectivity index (χ4v) is 2.72. The van der Waals surface area contributed by atoms with Gasteiger partial charge in [0.15, 0.2) is 0 Å². The summed E-state index contributed by atoms with van der Waals surface area (Å²) in [5, 5.41) is 8.53. The Balaban J connectivity index is 2.97. The molecule has 0 heterocycles. The van der Waals surface area contributed by atoms with Gasteiger partial charge in [-0.05, 0) is 17.0 Å². The lowest BCUT2D eigenvalue weighted by Crippen LogP contribution is -2.22. The monoisotopic (exact) mass is 285 g/mol. The van der Waals surface area contributed by atoms with Gasteiger partial charge >= 0.3 is 5.97 Å². The minimum atomic E-state index is -3.64. The van der Waals surface area contributed by atoms with Crippen LogP contribution in [0.3, 0.4) is 0 Å². The topological polar surface area (TPSA) is 83.5 Å². The van der Waals surface area contributed by atoms with Crippen molar-refractivity contribution < 1.29 is 18.3 Å². The molecule has 1 aromatic carbocycles. The number of aliphatic carboxylic acids is 1. The number of hydrogen-bond acceptors (Lipinski definition) is 3. The van der Waals surface area contributed by atoms with E-state index in [1.807, 2.05) is 32.9 Å². The Morgan fingerprint density at radius 1 is 1.26 bits per heavy atom. The number of benzene rings is 1. The van der Waals surface area contributed by atoms with Crippen LogP contribution in [-0.2, 0) is 20.2 Å². The van der Waals surface area contributed by atoms with Gasteiger partial charge in [-0.3, -0.25) is 9.52 Å². The van der Waals surface area contributed by atoms with Gasteiger partial charge in [-0.1, -0.05) is 39.0 Å². The number of anilines is 1. The summed E-state index contributed by atoms with van der Waals surface area (Å²) < 4.78 is 26.1. The number of para-hydroxylation sites is 1. The highest BCUT2D eigenvalue weighted by Crippen LogP contribution is 2.29. The Morgan fingerprint density at radius 2 is 1.84 bits per heavy atom. The molecule has 0 spiro atoms. The summed E-state index contributed by atoms with van der Waals surface area (Å²) in [6.45, 7) is 5.95. The summed E-state index contributed by atoms with van der Waals surface area (Å²) in [4.78, 5) is 10.4. The van der Waals surface area contributed by atoms with E-state index in [0.717, 1.165) is 5.56 Å². The van der Waals surface area contributed by atoms with E-state index in [9.17, 15) is 13.2 Å². The van der Waals surface area contributed by atoms with Gasteiger partial charge in [-0.25, -0.2) is 8.42 Å². The van der Waals surface area contributed by atoms with Crippen molar-refractivity contribution in [3.05, 3.63) is 29.8 Å². The van der Waals surface area contributed by atoms with Gasteiger partial charge in [0.05, 0.1) is 17.9 Å². The zero-order valence-electron chi connectivity index (χ0n) is 11.3. The van der Waals surface area contributed by atoms with Gasteiger partial charge < -0.3 is 5.11 Å². The molecule has 106 valence electrons. The van der Waals surface area contributed by atoms with E-state index in [1.165, 1.54) is 0 Å². The third kappa shape index (κ3) is 4.90. The number of hydrogen-bond donors (Lipinski definition) is 2. The average molecular weight is 285 g/mol. The molecule has 2 N–H and O–H groups in total. The molecule has 0 bridgehead atoms. The molecule has 0 aliphatic carbocycles. The van der Waals surface area contributed by atoms with Crippen LogP contribution in [0.1, 0.15) is 32.8 Å². The van der Waals surface area contributed by atoms with Gasteiger partial charge in [0.25, 0.3) is 0 Å². The van der Waals surface area contributed by atoms with E-state index in [4.69, 9.17) is 5.11 Å². The third-order valence-corrected chi connectivity index (χ3v) is 3.86. The second kappa shape index (κ2) is 5.61. The van der Waals surface area contributed by atoms with Crippen LogP contribution in [0.2, 0.25) is 0 Å². The van der Waals surface area contributed by atoms with Gasteiger partial charge in [0, 0.05) is 0 Å². The van der Waals surface area contributed by atoms with Gasteiger partial charge in [-0.15, -0.1) is 0 Å². The van der Waals surface area contributed by atoms with Gasteiger partial charge in [0.2, 0.25) is 10.0 Å². The number of sulfonamides is 1. The van der Waals surface area contributed by atoms with Crippen LogP contribution in [-0.4, -0.2) is 25.2 Å². The highest BCUT2D eigenvalue weighted by atomic mass is 32.2. The minimum Gasteiger partial charge on any atom is -0.481 e. The van der Waals surface area contributed by atoms with Crippen LogP contribution < -0.4 is 4.72 Å². The lowest BCUT2D eigenvalue weighted by Gasteiger charge is -2.23. The summed E-state index contributed by atoms with van der Waals surface area (Å²) >= 11 is 0. The predicted molar refractivity (Wildman–Crippen MR) is 74.8 cm³/mol. The predicted octanol–water partition coefficient (Wildman–Crippen LogP) is 2.20. The summed E-state index contributed by atoms with van der Waals surface area (Å²) in [6, 6.07) is 7.12. The molecule has 0 amide bonds. The van der Waals surface area contributed by atoms with E-state index in [1.54, 1.807) is 12.1 Å². The first kappa shape index (κ1) is 15.5. The Bertz CT molecular complexity index is 558. The molecule has 0 aromatic heterocycles. The first-order valence-electron chi connectivity index (χ1n) is 5.93. The van der Waals surface area contributed by atoms with Crippen molar-refractivity contribution in [1.29, 1.82) is 0 Å². The van der Waals surface area contributed by atoms with Crippen LogP contribution in [0, 0.1) is 0 Å². The van der Waals surface area contributed by atoms with Crippen LogP contribution in [0.15, 0.2) is 24.3 Å². The quantitative estimate of drug-likeness (QED) is 0.868. The highest BCUT2D eigenvalue weighted by molar-refractivity contribution is 7.92. The fourth-order valence-electron chi connectivity index (χ4n) is 1.67. The molecule has 6 heteroatoms. The van der Waals surface area contributed by atoms with Crippen molar-refractivity contribution in [3.63, 3.8) is 0 Å². The maximum absolute atomic E-state index is 11.8. The van der Waals surface area contributed by atoms with E-state index in [0.29, 0.717) is 5.69 Å². The fraction of sp³-hybridized carbons (Fsp3) is 0.462. The smallest absolute Gasteiger partial charge is 0.304 e. The van der Waals surface area contributed by atoms with Crippen molar-refractivity contribution in [1.82, 2.24) is 0 Å². The summed E-state index contributed by atoms with van der Waals surface area (Å²) in [7, 11) is -3.64. The second-order valence-corrected chi connectivity index (χ2v) is 7.20. The second-order valence-electron chi connectivity index (χ2n) is 5.36. The first-order chi connectivity index (χ1) is 8.62. The molecule has 0 aliphatic rings. The minimum absolute atomic E-state index is 0.202. The van der Waals surface area contributed by atoms with Crippen LogP contribution in [0.5, 0.6) is 0 Å². The Kier molecular flexibility index (Phi) is 4.57. The van der Waals surface area contributed by atoms with E-state index in [-0.39, 0.29) is 5.41 Å².